The van der Waals surface area contributed by atoms with Crippen LogP contribution < -0.4 is 0 Å². The Balaban J connectivity index is 2.21. The molecular formula is C20H15BrO. The number of benzene rings is 3. The summed E-state index contributed by atoms with van der Waals surface area (Å²) in [4.78, 5) is 0. The summed E-state index contributed by atoms with van der Waals surface area (Å²) in [6, 6.07) is 27.7. The first kappa shape index (κ1) is 14.6. The van der Waals surface area contributed by atoms with Gasteiger partial charge in [-0.05, 0) is 44.8 Å². The molecule has 2 heteroatoms. The van der Waals surface area contributed by atoms with E-state index in [0.717, 1.165) is 26.7 Å². The van der Waals surface area contributed by atoms with Crippen LogP contribution in [-0.2, 0) is 0 Å². The van der Waals surface area contributed by atoms with Crippen LogP contribution in [0.25, 0.3) is 10.1 Å². The topological polar surface area (TPSA) is 20.2 Å². The van der Waals surface area contributed by atoms with Crippen molar-refractivity contribution in [2.24, 2.45) is 0 Å². The van der Waals surface area contributed by atoms with Gasteiger partial charge in [0.2, 0.25) is 0 Å². The van der Waals surface area contributed by atoms with Gasteiger partial charge in [0.1, 0.15) is 5.75 Å². The van der Waals surface area contributed by atoms with E-state index in [1.54, 1.807) is 12.1 Å². The molecule has 3 aromatic rings. The van der Waals surface area contributed by atoms with Gasteiger partial charge in [-0.3, -0.25) is 0 Å². The minimum Gasteiger partial charge on any atom is -0.508 e. The molecule has 22 heavy (non-hydrogen) atoms. The molecule has 0 fully saturated rings. The number of hydrogen-bond donors (Lipinski definition) is 1. The Kier molecular flexibility index (Phi) is 4.40. The number of rotatable bonds is 3. The van der Waals surface area contributed by atoms with Gasteiger partial charge in [-0.2, -0.15) is 0 Å². The van der Waals surface area contributed by atoms with Crippen LogP contribution in [0.15, 0.2) is 84.9 Å². The molecule has 108 valence electrons. The Morgan fingerprint density at radius 1 is 0.591 bits per heavy atom. The first-order chi connectivity index (χ1) is 10.8. The van der Waals surface area contributed by atoms with Crippen molar-refractivity contribution < 1.29 is 5.11 Å². The average molecular weight is 351 g/mol. The summed E-state index contributed by atoms with van der Waals surface area (Å²) >= 11 is 3.76. The molecule has 0 spiro atoms. The van der Waals surface area contributed by atoms with E-state index in [-0.39, 0.29) is 5.75 Å². The number of phenolic OH excluding ortho intramolecular Hbond substituents is 1. The molecule has 1 nitrogen and oxygen atoms in total. The fourth-order valence-electron chi connectivity index (χ4n) is 2.38. The molecule has 0 bridgehead atoms. The third kappa shape index (κ3) is 3.12. The predicted octanol–water partition coefficient (Wildman–Crippen LogP) is 5.70. The highest BCUT2D eigenvalue weighted by Gasteiger charge is 2.11. The van der Waals surface area contributed by atoms with Crippen molar-refractivity contribution in [2.45, 2.75) is 0 Å². The largest absolute Gasteiger partial charge is 0.508 e. The number of halogens is 1. The summed E-state index contributed by atoms with van der Waals surface area (Å²) in [7, 11) is 0. The molecule has 0 aromatic heterocycles. The molecule has 0 aliphatic rings. The van der Waals surface area contributed by atoms with E-state index in [1.807, 2.05) is 48.5 Å². The molecule has 0 aliphatic heterocycles. The highest BCUT2D eigenvalue weighted by Crippen LogP contribution is 2.36. The smallest absolute Gasteiger partial charge is 0.115 e. The standard InChI is InChI=1S/C20H15BrO/c21-20(17-9-5-2-6-10-17)19(15-7-3-1-4-8-15)16-11-13-18(22)14-12-16/h1-14,22H/b20-19-. The van der Waals surface area contributed by atoms with Crippen LogP contribution in [0, 0.1) is 0 Å². The quantitative estimate of drug-likeness (QED) is 0.600. The second-order valence-corrected chi connectivity index (χ2v) is 5.76. The molecule has 0 saturated carbocycles. The zero-order valence-electron chi connectivity index (χ0n) is 11.9. The van der Waals surface area contributed by atoms with Crippen molar-refractivity contribution in [1.82, 2.24) is 0 Å². The summed E-state index contributed by atoms with van der Waals surface area (Å²) in [5.74, 6) is 0.270. The van der Waals surface area contributed by atoms with Crippen molar-refractivity contribution >= 4 is 26.0 Å². The fraction of sp³-hybridized carbons (Fsp3) is 0. The van der Waals surface area contributed by atoms with Crippen molar-refractivity contribution in [3.63, 3.8) is 0 Å². The van der Waals surface area contributed by atoms with Gasteiger partial charge >= 0.3 is 0 Å². The van der Waals surface area contributed by atoms with Crippen LogP contribution in [0.5, 0.6) is 5.75 Å². The Hall–Kier alpha value is -2.32. The molecule has 0 saturated heterocycles. The lowest BCUT2D eigenvalue weighted by Gasteiger charge is -2.13. The van der Waals surface area contributed by atoms with Crippen molar-refractivity contribution in [3.05, 3.63) is 102 Å². The van der Waals surface area contributed by atoms with Crippen LogP contribution in [0.4, 0.5) is 0 Å². The van der Waals surface area contributed by atoms with E-state index < -0.39 is 0 Å². The fourth-order valence-corrected chi connectivity index (χ4v) is 3.10. The highest BCUT2D eigenvalue weighted by atomic mass is 79.9. The lowest BCUT2D eigenvalue weighted by atomic mass is 9.95. The van der Waals surface area contributed by atoms with E-state index >= 15 is 0 Å². The third-order valence-electron chi connectivity index (χ3n) is 3.47. The van der Waals surface area contributed by atoms with Gasteiger partial charge in [0.05, 0.1) is 0 Å². The van der Waals surface area contributed by atoms with Crippen molar-refractivity contribution in [1.29, 1.82) is 0 Å². The summed E-state index contributed by atoms with van der Waals surface area (Å²) in [6.07, 6.45) is 0. The zero-order chi connectivity index (χ0) is 15.4. The van der Waals surface area contributed by atoms with Crippen molar-refractivity contribution in [3.8, 4) is 5.75 Å². The van der Waals surface area contributed by atoms with Gasteiger partial charge in [-0.1, -0.05) is 72.8 Å². The maximum atomic E-state index is 9.54. The lowest BCUT2D eigenvalue weighted by Crippen LogP contribution is -1.91. The minimum atomic E-state index is 0.270. The molecule has 0 amide bonds. The molecular weight excluding hydrogens is 336 g/mol. The molecule has 0 radical (unpaired) electrons. The molecule has 0 aliphatic carbocycles. The van der Waals surface area contributed by atoms with Gasteiger partial charge in [0.15, 0.2) is 0 Å². The second-order valence-electron chi connectivity index (χ2n) is 4.97. The van der Waals surface area contributed by atoms with E-state index in [9.17, 15) is 5.11 Å². The Bertz CT molecular complexity index is 775. The van der Waals surface area contributed by atoms with E-state index in [1.165, 1.54) is 0 Å². The van der Waals surface area contributed by atoms with E-state index in [2.05, 4.69) is 40.2 Å². The first-order valence-electron chi connectivity index (χ1n) is 7.06. The van der Waals surface area contributed by atoms with Crippen LogP contribution in [0.3, 0.4) is 0 Å². The van der Waals surface area contributed by atoms with Gasteiger partial charge in [0.25, 0.3) is 0 Å². The summed E-state index contributed by atoms with van der Waals surface area (Å²) in [5, 5.41) is 9.54. The molecule has 3 rings (SSSR count). The molecule has 0 heterocycles. The van der Waals surface area contributed by atoms with E-state index in [0.29, 0.717) is 0 Å². The predicted molar refractivity (Wildman–Crippen MR) is 95.8 cm³/mol. The molecule has 0 unspecified atom stereocenters. The summed E-state index contributed by atoms with van der Waals surface area (Å²) in [6.45, 7) is 0. The van der Waals surface area contributed by atoms with E-state index in [4.69, 9.17) is 0 Å². The van der Waals surface area contributed by atoms with Gasteiger partial charge < -0.3 is 5.11 Å². The third-order valence-corrected chi connectivity index (χ3v) is 4.32. The minimum absolute atomic E-state index is 0.270. The zero-order valence-corrected chi connectivity index (χ0v) is 13.5. The molecule has 0 atom stereocenters. The number of hydrogen-bond acceptors (Lipinski definition) is 1. The lowest BCUT2D eigenvalue weighted by molar-refractivity contribution is 0.475. The van der Waals surface area contributed by atoms with Gasteiger partial charge in [0, 0.05) is 10.1 Å². The van der Waals surface area contributed by atoms with Crippen molar-refractivity contribution in [2.75, 3.05) is 0 Å². The Morgan fingerprint density at radius 2 is 1.05 bits per heavy atom. The molecule has 1 N–H and O–H groups in total. The number of aromatic hydroxyl groups is 1. The second kappa shape index (κ2) is 6.63. The molecule has 3 aromatic carbocycles. The van der Waals surface area contributed by atoms with Crippen LogP contribution in [0.2, 0.25) is 0 Å². The summed E-state index contributed by atoms with van der Waals surface area (Å²) < 4.78 is 1.03. The van der Waals surface area contributed by atoms with Crippen LogP contribution in [0.1, 0.15) is 16.7 Å². The SMILES string of the molecule is Oc1ccc(/C(=C(\Br)c2ccccc2)c2ccccc2)cc1. The van der Waals surface area contributed by atoms with Gasteiger partial charge in [-0.25, -0.2) is 0 Å². The normalized spacial score (nSPS) is 11.9. The maximum absolute atomic E-state index is 9.54. The number of phenols is 1. The maximum Gasteiger partial charge on any atom is 0.115 e. The highest BCUT2D eigenvalue weighted by molar-refractivity contribution is 9.15. The average Bonchev–Trinajstić information content (AvgIpc) is 2.58. The van der Waals surface area contributed by atoms with Crippen LogP contribution >= 0.6 is 15.9 Å². The summed E-state index contributed by atoms with van der Waals surface area (Å²) in [5.41, 5.74) is 4.41. The van der Waals surface area contributed by atoms with Crippen LogP contribution in [-0.4, -0.2) is 5.11 Å². The first-order valence-corrected chi connectivity index (χ1v) is 7.85. The Labute approximate surface area is 138 Å². The van der Waals surface area contributed by atoms with Gasteiger partial charge in [-0.15, -0.1) is 0 Å². The monoisotopic (exact) mass is 350 g/mol. The Morgan fingerprint density at radius 3 is 1.59 bits per heavy atom.